The first-order chi connectivity index (χ1) is 11.8. The molecule has 130 valence electrons. The third kappa shape index (κ3) is 4.22. The van der Waals surface area contributed by atoms with Crippen LogP contribution < -0.4 is 14.8 Å². The number of nitrogens with zero attached hydrogens (tertiary/aromatic N) is 1. The Bertz CT molecular complexity index is 600. The Morgan fingerprint density at radius 1 is 1.29 bits per heavy atom. The zero-order valence-corrected chi connectivity index (χ0v) is 14.3. The van der Waals surface area contributed by atoms with Gasteiger partial charge in [-0.25, -0.2) is 4.79 Å². The fourth-order valence-electron chi connectivity index (χ4n) is 3.16. The molecule has 24 heavy (non-hydrogen) atoms. The molecule has 3 rings (SSSR count). The number of rotatable bonds is 6. The van der Waals surface area contributed by atoms with Gasteiger partial charge in [-0.15, -0.1) is 0 Å². The second kappa shape index (κ2) is 8.08. The van der Waals surface area contributed by atoms with Crippen molar-refractivity contribution in [3.63, 3.8) is 0 Å². The number of carbonyl (C=O) groups excluding carboxylic acids is 1. The van der Waals surface area contributed by atoms with E-state index in [4.69, 9.17) is 9.47 Å². The van der Waals surface area contributed by atoms with Gasteiger partial charge in [-0.2, -0.15) is 0 Å². The molecule has 1 aromatic rings. The van der Waals surface area contributed by atoms with Crippen molar-refractivity contribution < 1.29 is 14.3 Å². The van der Waals surface area contributed by atoms with Crippen LogP contribution in [0.15, 0.2) is 30.4 Å². The molecule has 0 bridgehead atoms. The van der Waals surface area contributed by atoms with Gasteiger partial charge in [0.25, 0.3) is 0 Å². The molecular formula is C19H26N2O3. The molecule has 1 atom stereocenters. The van der Waals surface area contributed by atoms with Gasteiger partial charge >= 0.3 is 6.03 Å². The van der Waals surface area contributed by atoms with E-state index in [9.17, 15) is 4.79 Å². The quantitative estimate of drug-likeness (QED) is 0.809. The number of carbonyl (C=O) groups is 1. The van der Waals surface area contributed by atoms with Gasteiger partial charge in [0.15, 0.2) is 11.5 Å². The van der Waals surface area contributed by atoms with Crippen molar-refractivity contribution in [2.24, 2.45) is 5.92 Å². The normalized spacial score (nSPS) is 18.5. The predicted octanol–water partition coefficient (Wildman–Crippen LogP) is 3.69. The van der Waals surface area contributed by atoms with Gasteiger partial charge in [0.05, 0.1) is 0 Å². The average molecular weight is 330 g/mol. The van der Waals surface area contributed by atoms with Crippen LogP contribution in [0.2, 0.25) is 0 Å². The molecular weight excluding hydrogens is 304 g/mol. The fraction of sp³-hybridized carbons (Fsp3) is 0.526. The summed E-state index contributed by atoms with van der Waals surface area (Å²) in [7, 11) is 0. The number of nitrogens with one attached hydrogen (secondary N) is 1. The maximum Gasteiger partial charge on any atom is 0.317 e. The van der Waals surface area contributed by atoms with E-state index in [0.29, 0.717) is 19.0 Å². The molecule has 0 fully saturated rings. The monoisotopic (exact) mass is 330 g/mol. The Morgan fingerprint density at radius 2 is 2.17 bits per heavy atom. The second-order valence-corrected chi connectivity index (χ2v) is 6.45. The maximum absolute atomic E-state index is 12.6. The standard InChI is InChI=1S/C19H26N2O3/c1-2-10-20-19(22)21(12-15-6-4-3-5-7-15)13-16-8-9-17-18(11-16)24-14-23-17/h3-4,8-9,11,15H,2,5-7,10,12-14H2,1H3,(H,20,22). The highest BCUT2D eigenvalue weighted by atomic mass is 16.7. The number of allylic oxidation sites excluding steroid dienone is 2. The lowest BCUT2D eigenvalue weighted by molar-refractivity contribution is 0.173. The van der Waals surface area contributed by atoms with Gasteiger partial charge in [-0.05, 0) is 49.3 Å². The zero-order chi connectivity index (χ0) is 16.8. The number of urea groups is 1. The van der Waals surface area contributed by atoms with Crippen LogP contribution in [-0.2, 0) is 6.54 Å². The lowest BCUT2D eigenvalue weighted by Gasteiger charge is -2.28. The molecule has 2 amide bonds. The van der Waals surface area contributed by atoms with Crippen LogP contribution in [0, 0.1) is 5.92 Å². The molecule has 0 spiro atoms. The van der Waals surface area contributed by atoms with Crippen molar-refractivity contribution >= 4 is 6.03 Å². The number of amides is 2. The number of hydrogen-bond acceptors (Lipinski definition) is 3. The number of benzene rings is 1. The van der Waals surface area contributed by atoms with Crippen molar-refractivity contribution in [2.75, 3.05) is 19.9 Å². The first kappa shape index (κ1) is 16.7. The molecule has 1 aliphatic carbocycles. The highest BCUT2D eigenvalue weighted by Gasteiger charge is 2.21. The Kier molecular flexibility index (Phi) is 5.62. The second-order valence-electron chi connectivity index (χ2n) is 6.45. The third-order valence-electron chi connectivity index (χ3n) is 4.48. The average Bonchev–Trinajstić information content (AvgIpc) is 3.07. The summed E-state index contributed by atoms with van der Waals surface area (Å²) in [4.78, 5) is 14.5. The van der Waals surface area contributed by atoms with Gasteiger partial charge < -0.3 is 19.7 Å². The fourth-order valence-corrected chi connectivity index (χ4v) is 3.16. The van der Waals surface area contributed by atoms with E-state index in [0.717, 1.165) is 49.3 Å². The minimum Gasteiger partial charge on any atom is -0.454 e. The molecule has 1 heterocycles. The third-order valence-corrected chi connectivity index (χ3v) is 4.48. The molecule has 0 aromatic heterocycles. The molecule has 5 heteroatoms. The highest BCUT2D eigenvalue weighted by Crippen LogP contribution is 2.33. The molecule has 0 radical (unpaired) electrons. The SMILES string of the molecule is CCCNC(=O)N(Cc1ccc2c(c1)OCO2)CC1CC=CCC1. The molecule has 1 aromatic carbocycles. The van der Waals surface area contributed by atoms with Crippen LogP contribution in [0.4, 0.5) is 4.79 Å². The molecule has 1 aliphatic heterocycles. The Morgan fingerprint density at radius 3 is 2.96 bits per heavy atom. The highest BCUT2D eigenvalue weighted by molar-refractivity contribution is 5.74. The first-order valence-electron chi connectivity index (χ1n) is 8.82. The van der Waals surface area contributed by atoms with Gasteiger partial charge in [0, 0.05) is 19.6 Å². The Balaban J connectivity index is 1.68. The topological polar surface area (TPSA) is 50.8 Å². The van der Waals surface area contributed by atoms with Crippen LogP contribution in [0.5, 0.6) is 11.5 Å². The zero-order valence-electron chi connectivity index (χ0n) is 14.3. The smallest absolute Gasteiger partial charge is 0.317 e. The van der Waals surface area contributed by atoms with Gasteiger partial charge in [-0.1, -0.05) is 25.1 Å². The van der Waals surface area contributed by atoms with E-state index in [2.05, 4.69) is 24.4 Å². The molecule has 0 saturated heterocycles. The van der Waals surface area contributed by atoms with Crippen LogP contribution in [0.1, 0.15) is 38.2 Å². The van der Waals surface area contributed by atoms with Gasteiger partial charge in [0.2, 0.25) is 6.79 Å². The molecule has 1 unspecified atom stereocenters. The summed E-state index contributed by atoms with van der Waals surface area (Å²) < 4.78 is 10.8. The van der Waals surface area contributed by atoms with Crippen molar-refractivity contribution in [3.8, 4) is 11.5 Å². The van der Waals surface area contributed by atoms with Crippen molar-refractivity contribution in [3.05, 3.63) is 35.9 Å². The van der Waals surface area contributed by atoms with E-state index in [1.54, 1.807) is 0 Å². The van der Waals surface area contributed by atoms with Crippen LogP contribution >= 0.6 is 0 Å². The van der Waals surface area contributed by atoms with E-state index in [1.165, 1.54) is 0 Å². The minimum absolute atomic E-state index is 0.0177. The minimum atomic E-state index is 0.0177. The summed E-state index contributed by atoms with van der Waals surface area (Å²) in [5.74, 6) is 2.08. The molecule has 5 nitrogen and oxygen atoms in total. The van der Waals surface area contributed by atoms with E-state index < -0.39 is 0 Å². The summed E-state index contributed by atoms with van der Waals surface area (Å²) >= 11 is 0. The first-order valence-corrected chi connectivity index (χ1v) is 8.82. The summed E-state index contributed by atoms with van der Waals surface area (Å²) in [5, 5.41) is 3.01. The maximum atomic E-state index is 12.6. The lowest BCUT2D eigenvalue weighted by Crippen LogP contribution is -2.42. The van der Waals surface area contributed by atoms with Crippen LogP contribution in [0.25, 0.3) is 0 Å². The van der Waals surface area contributed by atoms with E-state index in [-0.39, 0.29) is 12.8 Å². The number of ether oxygens (including phenoxy) is 2. The molecule has 0 saturated carbocycles. The largest absolute Gasteiger partial charge is 0.454 e. The summed E-state index contributed by atoms with van der Waals surface area (Å²) in [5.41, 5.74) is 1.07. The van der Waals surface area contributed by atoms with Crippen molar-refractivity contribution in [1.29, 1.82) is 0 Å². The summed E-state index contributed by atoms with van der Waals surface area (Å²) in [6, 6.07) is 5.92. The van der Waals surface area contributed by atoms with Crippen molar-refractivity contribution in [2.45, 2.75) is 39.2 Å². The number of hydrogen-bond donors (Lipinski definition) is 1. The Labute approximate surface area is 143 Å². The lowest BCUT2D eigenvalue weighted by atomic mass is 9.94. The predicted molar refractivity (Wildman–Crippen MR) is 93.1 cm³/mol. The molecule has 2 aliphatic rings. The van der Waals surface area contributed by atoms with Gasteiger partial charge in [-0.3, -0.25) is 0 Å². The van der Waals surface area contributed by atoms with Crippen molar-refractivity contribution in [1.82, 2.24) is 10.2 Å². The van der Waals surface area contributed by atoms with Crippen LogP contribution in [-0.4, -0.2) is 30.8 Å². The van der Waals surface area contributed by atoms with E-state index in [1.807, 2.05) is 23.1 Å². The Hall–Kier alpha value is -2.17. The van der Waals surface area contributed by atoms with Crippen LogP contribution in [0.3, 0.4) is 0 Å². The van der Waals surface area contributed by atoms with Gasteiger partial charge in [0.1, 0.15) is 0 Å². The molecule has 1 N–H and O–H groups in total. The van der Waals surface area contributed by atoms with E-state index >= 15 is 0 Å². The summed E-state index contributed by atoms with van der Waals surface area (Å²) in [6.07, 6.45) is 8.72. The summed E-state index contributed by atoms with van der Waals surface area (Å²) in [6.45, 7) is 4.42. The number of fused-ring (bicyclic) bond motifs is 1.